The summed E-state index contributed by atoms with van der Waals surface area (Å²) >= 11 is 0. The maximum atomic E-state index is 14.1. The van der Waals surface area contributed by atoms with Gasteiger partial charge in [-0.3, -0.25) is 19.2 Å². The fourth-order valence-electron chi connectivity index (χ4n) is 7.22. The molecule has 1 aliphatic heterocycles. The predicted octanol–water partition coefficient (Wildman–Crippen LogP) is 4.29. The molecule has 0 spiro atoms. The second kappa shape index (κ2) is 20.5. The quantitative estimate of drug-likeness (QED) is 0.185. The Bertz CT molecular complexity index is 957. The van der Waals surface area contributed by atoms with Gasteiger partial charge in [0.1, 0.15) is 5.78 Å². The van der Waals surface area contributed by atoms with Crippen LogP contribution < -0.4 is 5.32 Å². The van der Waals surface area contributed by atoms with Gasteiger partial charge in [-0.15, -0.1) is 0 Å². The molecule has 0 unspecified atom stereocenters. The fraction of sp³-hybridized carbons (Fsp3) is 0.889. The second-order valence-electron chi connectivity index (χ2n) is 14.5. The van der Waals surface area contributed by atoms with E-state index in [4.69, 9.17) is 9.47 Å². The van der Waals surface area contributed by atoms with Crippen LogP contribution in [0.25, 0.3) is 0 Å². The number of nitrogens with one attached hydrogen (secondary N) is 1. The van der Waals surface area contributed by atoms with Crippen molar-refractivity contribution in [2.45, 2.75) is 124 Å². The lowest BCUT2D eigenvalue weighted by molar-refractivity contribution is -0.149. The van der Waals surface area contributed by atoms with Crippen LogP contribution in [-0.2, 0) is 28.7 Å². The van der Waals surface area contributed by atoms with E-state index < -0.39 is 12.0 Å². The standard InChI is InChI=1S/C36H68N4O6/c1-14-25(6)34(39(11)36(44)27(23(2)3)21-30(42)33(37-8)24(4)5)31(45-12)22-32(43)40-20-15-17-28(40)35(46-13)26(7)29(41)18-16-19-38(9)10/h23-28,31,33-35,37H,14-22H2,1-13H3/t25-,26-,27-,28+,31+,33-,34-,35+/m0/s1. The molecule has 46 heavy (non-hydrogen) atoms. The molecule has 1 heterocycles. The van der Waals surface area contributed by atoms with Gasteiger partial charge in [0.25, 0.3) is 0 Å². The maximum absolute atomic E-state index is 14.1. The zero-order valence-electron chi connectivity index (χ0n) is 31.4. The van der Waals surface area contributed by atoms with Crippen LogP contribution >= 0.6 is 0 Å². The summed E-state index contributed by atoms with van der Waals surface area (Å²) in [6.45, 7) is 15.5. The summed E-state index contributed by atoms with van der Waals surface area (Å²) in [7, 11) is 10.8. The third kappa shape index (κ3) is 11.7. The molecule has 10 nitrogen and oxygen atoms in total. The summed E-state index contributed by atoms with van der Waals surface area (Å²) in [5, 5.41) is 3.12. The van der Waals surface area contributed by atoms with Gasteiger partial charge in [0.15, 0.2) is 5.78 Å². The SMILES string of the molecule is CC[C@H](C)[C@@H]([C@@H](CC(=O)N1CCC[C@@H]1[C@H](OC)[C@@H](C)C(=O)CCCN(C)C)OC)N(C)C(=O)[C@@H](CC(=O)[C@@H](NC)C(C)C)C(C)C. The van der Waals surface area contributed by atoms with Gasteiger partial charge in [0.05, 0.1) is 36.8 Å². The largest absolute Gasteiger partial charge is 0.379 e. The van der Waals surface area contributed by atoms with Crippen LogP contribution in [0.3, 0.4) is 0 Å². The molecular weight excluding hydrogens is 584 g/mol. The van der Waals surface area contributed by atoms with Gasteiger partial charge >= 0.3 is 0 Å². The van der Waals surface area contributed by atoms with Crippen LogP contribution in [0.5, 0.6) is 0 Å². The number of rotatable bonds is 22. The number of carbonyl (C=O) groups excluding carboxylic acids is 4. The molecule has 1 aliphatic rings. The minimum Gasteiger partial charge on any atom is -0.379 e. The minimum absolute atomic E-state index is 0.0345. The van der Waals surface area contributed by atoms with Gasteiger partial charge in [-0.2, -0.15) is 0 Å². The summed E-state index contributed by atoms with van der Waals surface area (Å²) in [4.78, 5) is 60.1. The minimum atomic E-state index is -0.534. The Hall–Kier alpha value is -1.88. The van der Waals surface area contributed by atoms with Crippen molar-refractivity contribution in [1.82, 2.24) is 20.0 Å². The molecule has 1 saturated heterocycles. The number of hydrogen-bond donors (Lipinski definition) is 1. The molecule has 8 atom stereocenters. The van der Waals surface area contributed by atoms with Crippen molar-refractivity contribution in [2.75, 3.05) is 55.5 Å². The molecular formula is C36H68N4O6. The third-order valence-electron chi connectivity index (χ3n) is 10.2. The Labute approximate surface area is 280 Å². The number of Topliss-reactive ketones (excluding diaryl/α,β-unsaturated/α-hetero) is 2. The number of amides is 2. The van der Waals surface area contributed by atoms with E-state index in [9.17, 15) is 19.2 Å². The summed E-state index contributed by atoms with van der Waals surface area (Å²) < 4.78 is 11.9. The van der Waals surface area contributed by atoms with Gasteiger partial charge in [-0.1, -0.05) is 54.9 Å². The van der Waals surface area contributed by atoms with Crippen molar-refractivity contribution in [1.29, 1.82) is 0 Å². The number of hydrogen-bond acceptors (Lipinski definition) is 8. The van der Waals surface area contributed by atoms with Crippen LogP contribution in [-0.4, -0.2) is 124 Å². The zero-order valence-corrected chi connectivity index (χ0v) is 31.4. The molecule has 2 amide bonds. The highest BCUT2D eigenvalue weighted by Crippen LogP contribution is 2.31. The molecule has 0 radical (unpaired) electrons. The normalized spacial score (nSPS) is 20.0. The van der Waals surface area contributed by atoms with Crippen molar-refractivity contribution < 1.29 is 28.7 Å². The lowest BCUT2D eigenvalue weighted by Crippen LogP contribution is -2.54. The van der Waals surface area contributed by atoms with Crippen LogP contribution in [0.4, 0.5) is 0 Å². The summed E-state index contributed by atoms with van der Waals surface area (Å²) in [5.74, 6) is -0.620. The van der Waals surface area contributed by atoms with E-state index in [1.807, 2.05) is 53.6 Å². The Kier molecular flexibility index (Phi) is 18.8. The lowest BCUT2D eigenvalue weighted by atomic mass is 9.84. The number of nitrogens with zero attached hydrogens (tertiary/aromatic N) is 3. The molecule has 0 bridgehead atoms. The van der Waals surface area contributed by atoms with Gasteiger partial charge in [-0.05, 0) is 64.7 Å². The number of ether oxygens (including phenoxy) is 2. The van der Waals surface area contributed by atoms with E-state index in [2.05, 4.69) is 24.1 Å². The lowest BCUT2D eigenvalue weighted by Gasteiger charge is -2.41. The summed E-state index contributed by atoms with van der Waals surface area (Å²) in [6, 6.07) is -0.861. The molecule has 1 N–H and O–H groups in total. The topological polar surface area (TPSA) is 108 Å². The molecule has 0 aliphatic carbocycles. The summed E-state index contributed by atoms with van der Waals surface area (Å²) in [5.41, 5.74) is 0. The number of ketones is 2. The van der Waals surface area contributed by atoms with Gasteiger partial charge in [0.2, 0.25) is 11.8 Å². The second-order valence-corrected chi connectivity index (χ2v) is 14.5. The van der Waals surface area contributed by atoms with Crippen molar-refractivity contribution in [3.8, 4) is 0 Å². The Morgan fingerprint density at radius 1 is 0.913 bits per heavy atom. The van der Waals surface area contributed by atoms with E-state index >= 15 is 0 Å². The Morgan fingerprint density at radius 2 is 1.54 bits per heavy atom. The first-order valence-electron chi connectivity index (χ1n) is 17.6. The highest BCUT2D eigenvalue weighted by atomic mass is 16.5. The zero-order chi connectivity index (χ0) is 35.3. The van der Waals surface area contributed by atoms with Crippen molar-refractivity contribution >= 4 is 23.4 Å². The highest BCUT2D eigenvalue weighted by Gasteiger charge is 2.42. The number of likely N-dealkylation sites (N-methyl/N-ethyl adjacent to an activating group) is 2. The molecule has 1 rings (SSSR count). The molecule has 10 heteroatoms. The van der Waals surface area contributed by atoms with Crippen LogP contribution in [0, 0.1) is 29.6 Å². The first-order valence-corrected chi connectivity index (χ1v) is 17.6. The smallest absolute Gasteiger partial charge is 0.226 e. The van der Waals surface area contributed by atoms with Crippen molar-refractivity contribution in [2.24, 2.45) is 29.6 Å². The molecule has 0 aromatic rings. The van der Waals surface area contributed by atoms with E-state index in [-0.39, 0.29) is 84.1 Å². The van der Waals surface area contributed by atoms with E-state index in [0.717, 1.165) is 32.2 Å². The monoisotopic (exact) mass is 653 g/mol. The van der Waals surface area contributed by atoms with Crippen molar-refractivity contribution in [3.63, 3.8) is 0 Å². The van der Waals surface area contributed by atoms with Crippen molar-refractivity contribution in [3.05, 3.63) is 0 Å². The first-order chi connectivity index (χ1) is 21.6. The molecule has 0 aromatic heterocycles. The molecule has 1 fully saturated rings. The van der Waals surface area contributed by atoms with Gasteiger partial charge in [0, 0.05) is 52.5 Å². The Morgan fingerprint density at radius 3 is 2.02 bits per heavy atom. The fourth-order valence-corrected chi connectivity index (χ4v) is 7.22. The number of methoxy groups -OCH3 is 2. The first kappa shape index (κ1) is 42.1. The Balaban J connectivity index is 3.20. The van der Waals surface area contributed by atoms with E-state index in [1.165, 1.54) is 0 Å². The highest BCUT2D eigenvalue weighted by molar-refractivity contribution is 5.90. The van der Waals surface area contributed by atoms with E-state index in [0.29, 0.717) is 13.0 Å². The van der Waals surface area contributed by atoms with E-state index in [1.54, 1.807) is 33.2 Å². The van der Waals surface area contributed by atoms with Gasteiger partial charge in [-0.25, -0.2) is 0 Å². The molecule has 268 valence electrons. The molecule has 0 saturated carbocycles. The molecule has 0 aromatic carbocycles. The van der Waals surface area contributed by atoms with Gasteiger partial charge < -0.3 is 29.5 Å². The van der Waals surface area contributed by atoms with Crippen LogP contribution in [0.2, 0.25) is 0 Å². The number of likely N-dealkylation sites (tertiary alicyclic amines) is 1. The average Bonchev–Trinajstić information content (AvgIpc) is 3.48. The van der Waals surface area contributed by atoms with Crippen LogP contribution in [0.15, 0.2) is 0 Å². The number of carbonyl (C=O) groups is 4. The summed E-state index contributed by atoms with van der Waals surface area (Å²) in [6.07, 6.45) is 3.04. The predicted molar refractivity (Wildman–Crippen MR) is 185 cm³/mol. The third-order valence-corrected chi connectivity index (χ3v) is 10.2. The average molecular weight is 653 g/mol. The van der Waals surface area contributed by atoms with Crippen LogP contribution in [0.1, 0.15) is 93.4 Å². The maximum Gasteiger partial charge on any atom is 0.226 e.